The van der Waals surface area contributed by atoms with E-state index in [4.69, 9.17) is 33.8 Å². The summed E-state index contributed by atoms with van der Waals surface area (Å²) in [6, 6.07) is 26.9. The van der Waals surface area contributed by atoms with Crippen molar-refractivity contribution in [3.63, 3.8) is 0 Å². The highest BCUT2D eigenvalue weighted by Crippen LogP contribution is 2.44. The molecule has 49 heavy (non-hydrogen) atoms. The van der Waals surface area contributed by atoms with Crippen molar-refractivity contribution in [1.82, 2.24) is 10.9 Å². The van der Waals surface area contributed by atoms with Gasteiger partial charge in [0.2, 0.25) is 5.90 Å². The molecule has 1 aliphatic rings. The van der Waals surface area contributed by atoms with Gasteiger partial charge in [0, 0.05) is 42.2 Å². The Morgan fingerprint density at radius 1 is 0.959 bits per heavy atom. The van der Waals surface area contributed by atoms with Crippen molar-refractivity contribution >= 4 is 17.5 Å². The Labute approximate surface area is 284 Å². The van der Waals surface area contributed by atoms with Crippen LogP contribution in [0.5, 0.6) is 23.0 Å². The number of hydrazine groups is 1. The summed E-state index contributed by atoms with van der Waals surface area (Å²) >= 11 is 0. The lowest BCUT2D eigenvalue weighted by molar-refractivity contribution is -0.130. The summed E-state index contributed by atoms with van der Waals surface area (Å²) in [6.45, 7) is 0.663. The van der Waals surface area contributed by atoms with Gasteiger partial charge in [-0.1, -0.05) is 47.6 Å². The maximum absolute atomic E-state index is 14.6. The van der Waals surface area contributed by atoms with Gasteiger partial charge in [-0.2, -0.15) is 0 Å². The molecule has 1 amide bonds. The Balaban J connectivity index is 1.55. The number of rotatable bonds is 16. The van der Waals surface area contributed by atoms with Gasteiger partial charge in [-0.05, 0) is 70.8 Å². The first-order valence-electron chi connectivity index (χ1n) is 15.6. The molecule has 0 aromatic heterocycles. The highest BCUT2D eigenvalue weighted by atomic mass is 16.5. The Hall–Kier alpha value is -5.75. The molecule has 0 fully saturated rings. The van der Waals surface area contributed by atoms with Crippen LogP contribution in [0.25, 0.3) is 10.4 Å². The van der Waals surface area contributed by atoms with Crippen molar-refractivity contribution in [2.24, 2.45) is 10.1 Å². The average Bonchev–Trinajstić information content (AvgIpc) is 3.53. The number of hydrogen-bond acceptors (Lipinski definition) is 10. The molecule has 0 saturated carbocycles. The first-order chi connectivity index (χ1) is 23.9. The topological polar surface area (TPSA) is 169 Å². The predicted molar refractivity (Wildman–Crippen MR) is 183 cm³/mol. The molecule has 13 nitrogen and oxygen atoms in total. The summed E-state index contributed by atoms with van der Waals surface area (Å²) in [6.07, 6.45) is -0.380. The molecule has 254 valence electrons. The fourth-order valence-corrected chi connectivity index (χ4v) is 5.51. The van der Waals surface area contributed by atoms with Gasteiger partial charge in [-0.15, -0.1) is 0 Å². The van der Waals surface area contributed by atoms with Crippen molar-refractivity contribution in [1.29, 1.82) is 0 Å². The van der Waals surface area contributed by atoms with E-state index in [2.05, 4.69) is 20.9 Å². The van der Waals surface area contributed by atoms with Crippen LogP contribution < -0.4 is 29.8 Å². The van der Waals surface area contributed by atoms with Crippen LogP contribution in [0.4, 0.5) is 5.69 Å². The van der Waals surface area contributed by atoms with Crippen LogP contribution in [0.1, 0.15) is 34.8 Å². The fraction of sp³-hybridized carbons (Fsp3) is 0.278. The maximum atomic E-state index is 14.6. The molecule has 4 aromatic rings. The second-order valence-corrected chi connectivity index (χ2v) is 11.1. The Morgan fingerprint density at radius 3 is 2.49 bits per heavy atom. The fourth-order valence-electron chi connectivity index (χ4n) is 5.51. The molecule has 1 aliphatic heterocycles. The molecular formula is C36H38N6O7. The van der Waals surface area contributed by atoms with E-state index >= 15 is 0 Å². The second kappa shape index (κ2) is 16.4. The lowest BCUT2D eigenvalue weighted by Crippen LogP contribution is -2.53. The smallest absolute Gasteiger partial charge is 0.266 e. The zero-order valence-corrected chi connectivity index (χ0v) is 27.5. The molecule has 13 heteroatoms. The van der Waals surface area contributed by atoms with Gasteiger partial charge >= 0.3 is 0 Å². The minimum absolute atomic E-state index is 0.0276. The number of azide groups is 1. The number of benzene rings is 4. The molecule has 4 aromatic carbocycles. The normalized spacial score (nSPS) is 16.5. The largest absolute Gasteiger partial charge is 0.497 e. The van der Waals surface area contributed by atoms with E-state index < -0.39 is 17.6 Å². The van der Waals surface area contributed by atoms with Crippen LogP contribution in [-0.4, -0.2) is 57.0 Å². The lowest BCUT2D eigenvalue weighted by atomic mass is 9.81. The summed E-state index contributed by atoms with van der Waals surface area (Å²) in [5, 5.41) is 13.0. The molecule has 0 aliphatic carbocycles. The van der Waals surface area contributed by atoms with Crippen LogP contribution in [0.3, 0.4) is 0 Å². The minimum Gasteiger partial charge on any atom is -0.497 e. The first kappa shape index (κ1) is 34.6. The number of ether oxygens (including phenoxy) is 5. The average molecular weight is 667 g/mol. The molecule has 5 rings (SSSR count). The van der Waals surface area contributed by atoms with E-state index in [0.29, 0.717) is 58.4 Å². The van der Waals surface area contributed by atoms with Crippen LogP contribution in [0, 0.1) is 0 Å². The number of nitrogens with one attached hydrogen (secondary N) is 2. The lowest BCUT2D eigenvalue weighted by Gasteiger charge is -2.31. The van der Waals surface area contributed by atoms with Crippen molar-refractivity contribution in [3.8, 4) is 23.0 Å². The number of aliphatic hydroxyl groups is 1. The van der Waals surface area contributed by atoms with Crippen molar-refractivity contribution in [3.05, 3.63) is 124 Å². The van der Waals surface area contributed by atoms with Crippen molar-refractivity contribution in [2.75, 3.05) is 34.5 Å². The number of carbonyl (C=O) groups is 1. The third-order valence-corrected chi connectivity index (χ3v) is 7.97. The van der Waals surface area contributed by atoms with Gasteiger partial charge in [-0.3, -0.25) is 10.2 Å². The van der Waals surface area contributed by atoms with Gasteiger partial charge in [0.1, 0.15) is 11.5 Å². The van der Waals surface area contributed by atoms with Crippen LogP contribution in [0.15, 0.2) is 101 Å². The van der Waals surface area contributed by atoms with Gasteiger partial charge in [0.15, 0.2) is 23.1 Å². The van der Waals surface area contributed by atoms with Crippen LogP contribution in [-0.2, 0) is 22.5 Å². The van der Waals surface area contributed by atoms with Crippen molar-refractivity contribution in [2.45, 2.75) is 31.0 Å². The number of carbonyl (C=O) groups excluding carboxylic acids is 1. The number of amides is 1. The zero-order chi connectivity index (χ0) is 34.6. The minimum atomic E-state index is -1.58. The summed E-state index contributed by atoms with van der Waals surface area (Å²) in [7, 11) is 4.68. The second-order valence-electron chi connectivity index (χ2n) is 11.1. The van der Waals surface area contributed by atoms with E-state index in [1.807, 2.05) is 30.3 Å². The number of aliphatic hydroxyl groups excluding tert-OH is 1. The predicted octanol–water partition coefficient (Wildman–Crippen LogP) is 5.74. The van der Waals surface area contributed by atoms with Crippen molar-refractivity contribution < 1.29 is 33.6 Å². The van der Waals surface area contributed by atoms with Crippen LogP contribution >= 0.6 is 0 Å². The van der Waals surface area contributed by atoms with Gasteiger partial charge in [0.05, 0.1) is 27.9 Å². The molecule has 0 bridgehead atoms. The van der Waals surface area contributed by atoms with E-state index in [0.717, 1.165) is 5.56 Å². The highest BCUT2D eigenvalue weighted by molar-refractivity contribution is 6.01. The monoisotopic (exact) mass is 666 g/mol. The third kappa shape index (κ3) is 8.04. The standard InChI is InChI=1S/C36H38N6O7/c1-45-29-10-6-9-26(21-29)33-36(22-27-8-4-5-11-30(27)40-42-37,35(44)41-38-23-24-12-17-31(46-2)32(20-24)47-3)39-34(49-33)25-13-15-28(16-14-25)48-19-7-18-43/h4-6,8-17,20-21,33,38,43H,7,18-19,22-23H2,1-3H3,(H,41,44)/t33-,36-/m0/s1. The van der Waals surface area contributed by atoms with E-state index in [1.165, 1.54) is 0 Å². The molecular weight excluding hydrogens is 628 g/mol. The quantitative estimate of drug-likeness (QED) is 0.0447. The molecule has 3 N–H and O–H groups in total. The number of methoxy groups -OCH3 is 3. The number of aliphatic imine (C=N–C) groups is 1. The van der Waals surface area contributed by atoms with Crippen LogP contribution in [0.2, 0.25) is 0 Å². The Kier molecular flexibility index (Phi) is 11.6. The molecule has 0 spiro atoms. The van der Waals surface area contributed by atoms with Gasteiger partial charge in [0.25, 0.3) is 5.91 Å². The van der Waals surface area contributed by atoms with E-state index in [9.17, 15) is 10.3 Å². The van der Waals surface area contributed by atoms with E-state index in [1.54, 1.807) is 82.0 Å². The maximum Gasteiger partial charge on any atom is 0.266 e. The summed E-state index contributed by atoms with van der Waals surface area (Å²) in [4.78, 5) is 22.6. The number of hydrogen-bond donors (Lipinski definition) is 3. The molecule has 0 unspecified atom stereocenters. The summed E-state index contributed by atoms with van der Waals surface area (Å²) in [5.74, 6) is 2.10. The first-order valence-corrected chi connectivity index (χ1v) is 15.6. The SMILES string of the molecule is COc1cccc([C@@H]2OC(c3ccc(OCCCO)cc3)=N[C@]2(Cc2ccccc2N=[N+]=[N-])C(=O)NNCc2ccc(OC)c(OC)c2)c1. The third-order valence-electron chi connectivity index (χ3n) is 7.97. The Morgan fingerprint density at radius 2 is 1.76 bits per heavy atom. The molecule has 0 radical (unpaired) electrons. The number of nitrogens with zero attached hydrogens (tertiary/aromatic N) is 4. The Bertz CT molecular complexity index is 1830. The molecule has 2 atom stereocenters. The summed E-state index contributed by atoms with van der Waals surface area (Å²) < 4.78 is 28.6. The van der Waals surface area contributed by atoms with Gasteiger partial charge in [-0.25, -0.2) is 10.4 Å². The molecule has 1 heterocycles. The highest BCUT2D eigenvalue weighted by Gasteiger charge is 2.53. The van der Waals surface area contributed by atoms with E-state index in [-0.39, 0.29) is 25.5 Å². The molecule has 0 saturated heterocycles. The zero-order valence-electron chi connectivity index (χ0n) is 27.5. The summed E-state index contributed by atoms with van der Waals surface area (Å²) in [5.41, 5.74) is 16.7. The van der Waals surface area contributed by atoms with Gasteiger partial charge < -0.3 is 28.8 Å².